The molecule has 2 amide bonds. The normalized spacial score (nSPS) is 18.9. The molecule has 1 aliphatic heterocycles. The summed E-state index contributed by atoms with van der Waals surface area (Å²) in [7, 11) is 0. The van der Waals surface area contributed by atoms with Gasteiger partial charge in [0.2, 0.25) is 11.8 Å². The first-order valence-electron chi connectivity index (χ1n) is 6.83. The maximum Gasteiger partial charge on any atom is 0.225 e. The number of carbonyl (C=O) groups is 2. The zero-order valence-corrected chi connectivity index (χ0v) is 12.7. The number of nitrogens with one attached hydrogen (secondary N) is 1. The molecule has 0 bridgehead atoms. The number of likely N-dealkylation sites (tertiary alicyclic amines) is 1. The molecule has 1 rings (SSSR count). The molecule has 0 aromatic carbocycles. The fraction of sp³-hybridized carbons (Fsp3) is 0.846. The number of carbonyl (C=O) groups excluding carboxylic acids is 2. The maximum atomic E-state index is 12.1. The smallest absolute Gasteiger partial charge is 0.225 e. The molecule has 112 valence electrons. The first-order valence-corrected chi connectivity index (χ1v) is 6.83. The van der Waals surface area contributed by atoms with Crippen molar-refractivity contribution >= 4 is 24.2 Å². The molecule has 6 heteroatoms. The number of hydrogen-bond donors (Lipinski definition) is 2. The van der Waals surface area contributed by atoms with E-state index in [0.717, 1.165) is 25.8 Å². The summed E-state index contributed by atoms with van der Waals surface area (Å²) >= 11 is 0. The summed E-state index contributed by atoms with van der Waals surface area (Å²) in [6.07, 6.45) is 3.51. The van der Waals surface area contributed by atoms with Gasteiger partial charge in [0.25, 0.3) is 0 Å². The summed E-state index contributed by atoms with van der Waals surface area (Å²) in [6.45, 7) is 5.57. The second-order valence-corrected chi connectivity index (χ2v) is 5.18. The minimum atomic E-state index is -0.0278. The highest BCUT2D eigenvalue weighted by atomic mass is 35.5. The molecule has 3 N–H and O–H groups in total. The van der Waals surface area contributed by atoms with Crippen LogP contribution in [0.2, 0.25) is 0 Å². The van der Waals surface area contributed by atoms with Crippen molar-refractivity contribution < 1.29 is 9.59 Å². The Labute approximate surface area is 121 Å². The molecule has 0 saturated carbocycles. The van der Waals surface area contributed by atoms with Crippen molar-refractivity contribution in [1.29, 1.82) is 0 Å². The van der Waals surface area contributed by atoms with Crippen molar-refractivity contribution in [3.8, 4) is 0 Å². The summed E-state index contributed by atoms with van der Waals surface area (Å²) in [5.74, 6) is 0.179. The van der Waals surface area contributed by atoms with E-state index in [0.29, 0.717) is 19.5 Å². The van der Waals surface area contributed by atoms with E-state index in [9.17, 15) is 9.59 Å². The van der Waals surface area contributed by atoms with Gasteiger partial charge in [-0.3, -0.25) is 9.59 Å². The third kappa shape index (κ3) is 5.78. The lowest BCUT2D eigenvalue weighted by molar-refractivity contribution is -0.138. The number of amides is 2. The van der Waals surface area contributed by atoms with E-state index < -0.39 is 0 Å². The van der Waals surface area contributed by atoms with Crippen molar-refractivity contribution in [2.24, 2.45) is 11.7 Å². The molecule has 0 aromatic rings. The van der Waals surface area contributed by atoms with Crippen LogP contribution in [0, 0.1) is 5.92 Å². The van der Waals surface area contributed by atoms with Crippen molar-refractivity contribution in [3.63, 3.8) is 0 Å². The molecule has 0 aromatic heterocycles. The lowest BCUT2D eigenvalue weighted by Crippen LogP contribution is -2.50. The van der Waals surface area contributed by atoms with Gasteiger partial charge in [0.1, 0.15) is 0 Å². The van der Waals surface area contributed by atoms with Crippen molar-refractivity contribution in [1.82, 2.24) is 10.2 Å². The van der Waals surface area contributed by atoms with Crippen LogP contribution in [-0.2, 0) is 9.59 Å². The van der Waals surface area contributed by atoms with E-state index in [-0.39, 0.29) is 36.2 Å². The number of halogens is 1. The van der Waals surface area contributed by atoms with E-state index >= 15 is 0 Å². The average Bonchev–Trinajstić information content (AvgIpc) is 2.36. The summed E-state index contributed by atoms with van der Waals surface area (Å²) in [5.41, 5.74) is 5.33. The molecule has 1 unspecified atom stereocenters. The molecule has 19 heavy (non-hydrogen) atoms. The molecule has 1 heterocycles. The van der Waals surface area contributed by atoms with Crippen molar-refractivity contribution in [2.75, 3.05) is 19.6 Å². The Balaban J connectivity index is 0.00000324. The summed E-state index contributed by atoms with van der Waals surface area (Å²) in [6, 6.07) is 0.148. The van der Waals surface area contributed by atoms with Gasteiger partial charge in [-0.2, -0.15) is 0 Å². The van der Waals surface area contributed by atoms with Gasteiger partial charge in [-0.15, -0.1) is 12.4 Å². The Morgan fingerprint density at radius 3 is 2.63 bits per heavy atom. The topological polar surface area (TPSA) is 75.4 Å². The Morgan fingerprint density at radius 1 is 1.37 bits per heavy atom. The zero-order chi connectivity index (χ0) is 13.5. The largest absolute Gasteiger partial charge is 0.354 e. The second kappa shape index (κ2) is 9.15. The molecule has 5 nitrogen and oxygen atoms in total. The van der Waals surface area contributed by atoms with Gasteiger partial charge < -0.3 is 16.0 Å². The lowest BCUT2D eigenvalue weighted by Gasteiger charge is -2.37. The number of hydrogen-bond acceptors (Lipinski definition) is 3. The van der Waals surface area contributed by atoms with Crippen LogP contribution in [-0.4, -0.2) is 42.4 Å². The minimum Gasteiger partial charge on any atom is -0.354 e. The molecule has 1 atom stereocenters. The van der Waals surface area contributed by atoms with Gasteiger partial charge >= 0.3 is 0 Å². The van der Waals surface area contributed by atoms with E-state index in [1.165, 1.54) is 0 Å². The lowest BCUT2D eigenvalue weighted by atomic mass is 10.00. The van der Waals surface area contributed by atoms with E-state index in [1.54, 1.807) is 0 Å². The highest BCUT2D eigenvalue weighted by Gasteiger charge is 2.28. The first-order chi connectivity index (χ1) is 8.56. The molecule has 1 aliphatic rings. The number of nitrogens with two attached hydrogens (primary N) is 1. The number of rotatable bonds is 5. The standard InChI is InChI=1S/C13H25N3O2.ClH/c1-10(2)13(18)16-8-4-3-5-11(16)9-15-12(17)6-7-14;/h10-11H,3-9,14H2,1-2H3,(H,15,17);1H. The second-order valence-electron chi connectivity index (χ2n) is 5.18. The van der Waals surface area contributed by atoms with E-state index in [1.807, 2.05) is 18.7 Å². The fourth-order valence-corrected chi connectivity index (χ4v) is 2.29. The highest BCUT2D eigenvalue weighted by molar-refractivity contribution is 5.85. The maximum absolute atomic E-state index is 12.1. The Morgan fingerprint density at radius 2 is 2.05 bits per heavy atom. The van der Waals surface area contributed by atoms with Crippen LogP contribution in [0.1, 0.15) is 39.5 Å². The molecule has 1 saturated heterocycles. The van der Waals surface area contributed by atoms with Crippen LogP contribution in [0.5, 0.6) is 0 Å². The molecule has 0 spiro atoms. The third-order valence-electron chi connectivity index (χ3n) is 3.31. The van der Waals surface area contributed by atoms with Crippen molar-refractivity contribution in [3.05, 3.63) is 0 Å². The summed E-state index contributed by atoms with van der Waals surface area (Å²) in [4.78, 5) is 25.4. The Bertz CT molecular complexity index is 298. The minimum absolute atomic E-state index is 0. The predicted octanol–water partition coefficient (Wildman–Crippen LogP) is 0.910. The van der Waals surface area contributed by atoms with Crippen LogP contribution in [0.15, 0.2) is 0 Å². The number of piperidine rings is 1. The SMILES string of the molecule is CC(C)C(=O)N1CCCCC1CNC(=O)CCN.Cl. The van der Waals surface area contributed by atoms with Crippen LogP contribution in [0.3, 0.4) is 0 Å². The monoisotopic (exact) mass is 291 g/mol. The fourth-order valence-electron chi connectivity index (χ4n) is 2.29. The Hall–Kier alpha value is -0.810. The van der Waals surface area contributed by atoms with E-state index in [4.69, 9.17) is 5.73 Å². The van der Waals surface area contributed by atoms with Gasteiger partial charge in [-0.25, -0.2) is 0 Å². The summed E-state index contributed by atoms with van der Waals surface area (Å²) in [5, 5.41) is 2.86. The zero-order valence-electron chi connectivity index (χ0n) is 11.9. The van der Waals surface area contributed by atoms with Crippen LogP contribution < -0.4 is 11.1 Å². The van der Waals surface area contributed by atoms with Gasteiger partial charge in [0, 0.05) is 38.0 Å². The predicted molar refractivity (Wildman–Crippen MR) is 78.1 cm³/mol. The van der Waals surface area contributed by atoms with Crippen LogP contribution >= 0.6 is 12.4 Å². The van der Waals surface area contributed by atoms with Gasteiger partial charge in [0.15, 0.2) is 0 Å². The quantitative estimate of drug-likeness (QED) is 0.790. The van der Waals surface area contributed by atoms with Crippen LogP contribution in [0.4, 0.5) is 0 Å². The summed E-state index contributed by atoms with van der Waals surface area (Å²) < 4.78 is 0. The third-order valence-corrected chi connectivity index (χ3v) is 3.31. The average molecular weight is 292 g/mol. The molecule has 0 radical (unpaired) electrons. The van der Waals surface area contributed by atoms with Crippen molar-refractivity contribution in [2.45, 2.75) is 45.6 Å². The van der Waals surface area contributed by atoms with E-state index in [2.05, 4.69) is 5.32 Å². The van der Waals surface area contributed by atoms with Gasteiger partial charge in [-0.1, -0.05) is 13.8 Å². The molecule has 0 aliphatic carbocycles. The Kier molecular flexibility index (Phi) is 8.76. The highest BCUT2D eigenvalue weighted by Crippen LogP contribution is 2.18. The number of nitrogens with zero attached hydrogens (tertiary/aromatic N) is 1. The first kappa shape index (κ1) is 18.2. The van der Waals surface area contributed by atoms with Gasteiger partial charge in [-0.05, 0) is 19.3 Å². The molecular weight excluding hydrogens is 266 g/mol. The van der Waals surface area contributed by atoms with Gasteiger partial charge in [0.05, 0.1) is 0 Å². The molecule has 1 fully saturated rings. The van der Waals surface area contributed by atoms with Crippen LogP contribution in [0.25, 0.3) is 0 Å². The molecular formula is C13H26ClN3O2.